The molecule has 3 N–H and O–H groups in total. The summed E-state index contributed by atoms with van der Waals surface area (Å²) in [5.74, 6) is 0. The van der Waals surface area contributed by atoms with E-state index < -0.39 is 0 Å². The molecule has 3 rings (SSSR count). The number of nitrogens with two attached hydrogens (primary N) is 1. The summed E-state index contributed by atoms with van der Waals surface area (Å²) in [6, 6.07) is 9.58. The number of H-pyrrole nitrogens is 1. The van der Waals surface area contributed by atoms with Crippen LogP contribution in [0.25, 0.3) is 22.2 Å². The lowest BCUT2D eigenvalue weighted by atomic mass is 9.99. The molecule has 1 heterocycles. The Bertz CT molecular complexity index is 884. The Morgan fingerprint density at radius 1 is 1.00 bits per heavy atom. The SMILES string of the molecule is Cc1cc(Cl)cc2c(CCCCN)c(-c3ccc(Cl)cc3Cl)[nH]c12. The van der Waals surface area contributed by atoms with Gasteiger partial charge in [0, 0.05) is 26.5 Å². The molecule has 0 radical (unpaired) electrons. The van der Waals surface area contributed by atoms with E-state index in [1.165, 1.54) is 5.56 Å². The largest absolute Gasteiger partial charge is 0.354 e. The van der Waals surface area contributed by atoms with Crippen molar-refractivity contribution in [2.75, 3.05) is 6.54 Å². The normalized spacial score (nSPS) is 11.4. The van der Waals surface area contributed by atoms with Gasteiger partial charge in [-0.15, -0.1) is 0 Å². The molecule has 5 heteroatoms. The van der Waals surface area contributed by atoms with Gasteiger partial charge in [-0.1, -0.05) is 34.8 Å². The third kappa shape index (κ3) is 3.43. The lowest BCUT2D eigenvalue weighted by Gasteiger charge is -2.07. The maximum Gasteiger partial charge on any atom is 0.0514 e. The molecule has 1 aromatic heterocycles. The van der Waals surface area contributed by atoms with Gasteiger partial charge in [0.25, 0.3) is 0 Å². The van der Waals surface area contributed by atoms with Gasteiger partial charge in [-0.05, 0) is 74.2 Å². The molecule has 0 bridgehead atoms. The summed E-state index contributed by atoms with van der Waals surface area (Å²) in [5.41, 5.74) is 11.1. The van der Waals surface area contributed by atoms with Gasteiger partial charge in [0.1, 0.15) is 0 Å². The first-order valence-corrected chi connectivity index (χ1v) is 9.11. The molecule has 2 aromatic carbocycles. The second kappa shape index (κ2) is 7.37. The number of benzene rings is 2. The third-order valence-electron chi connectivity index (χ3n) is 4.26. The Morgan fingerprint density at radius 3 is 2.50 bits per heavy atom. The standard InChI is InChI=1S/C19H19Cl3N2/c1-11-8-13(21)9-16-14(4-2-3-7-23)19(24-18(11)16)15-6-5-12(20)10-17(15)22/h5-6,8-10,24H,2-4,7,23H2,1H3. The molecule has 0 aliphatic heterocycles. The van der Waals surface area contributed by atoms with Crippen LogP contribution in [0.2, 0.25) is 15.1 Å². The molecule has 0 spiro atoms. The van der Waals surface area contributed by atoms with Gasteiger partial charge in [-0.25, -0.2) is 0 Å². The van der Waals surface area contributed by atoms with Gasteiger partial charge in [0.05, 0.1) is 10.7 Å². The topological polar surface area (TPSA) is 41.8 Å². The van der Waals surface area contributed by atoms with Crippen molar-refractivity contribution in [1.29, 1.82) is 0 Å². The monoisotopic (exact) mass is 380 g/mol. The molecule has 126 valence electrons. The van der Waals surface area contributed by atoms with Crippen molar-refractivity contribution < 1.29 is 0 Å². The fourth-order valence-electron chi connectivity index (χ4n) is 3.11. The number of nitrogens with one attached hydrogen (secondary N) is 1. The van der Waals surface area contributed by atoms with Crippen LogP contribution in [0.3, 0.4) is 0 Å². The van der Waals surface area contributed by atoms with Crippen LogP contribution in [-0.2, 0) is 6.42 Å². The van der Waals surface area contributed by atoms with Crippen LogP contribution in [0.1, 0.15) is 24.0 Å². The maximum atomic E-state index is 6.45. The molecular weight excluding hydrogens is 363 g/mol. The highest BCUT2D eigenvalue weighted by molar-refractivity contribution is 6.36. The molecule has 24 heavy (non-hydrogen) atoms. The average molecular weight is 382 g/mol. The third-order valence-corrected chi connectivity index (χ3v) is 5.02. The van der Waals surface area contributed by atoms with Crippen LogP contribution in [-0.4, -0.2) is 11.5 Å². The van der Waals surface area contributed by atoms with E-state index in [1.54, 1.807) is 6.07 Å². The van der Waals surface area contributed by atoms with E-state index in [0.717, 1.165) is 52.0 Å². The lowest BCUT2D eigenvalue weighted by Crippen LogP contribution is -1.99. The number of fused-ring (bicyclic) bond motifs is 1. The summed E-state index contributed by atoms with van der Waals surface area (Å²) in [6.45, 7) is 2.75. The zero-order valence-corrected chi connectivity index (χ0v) is 15.7. The average Bonchev–Trinajstić information content (AvgIpc) is 2.86. The van der Waals surface area contributed by atoms with Crippen LogP contribution >= 0.6 is 34.8 Å². The number of hydrogen-bond donors (Lipinski definition) is 2. The Kier molecular flexibility index (Phi) is 5.41. The number of aryl methyl sites for hydroxylation is 2. The van der Waals surface area contributed by atoms with Gasteiger partial charge in [0.2, 0.25) is 0 Å². The van der Waals surface area contributed by atoms with Crippen molar-refractivity contribution in [3.05, 3.63) is 56.5 Å². The number of unbranched alkanes of at least 4 members (excludes halogenated alkanes) is 1. The first kappa shape index (κ1) is 17.6. The lowest BCUT2D eigenvalue weighted by molar-refractivity contribution is 0.748. The van der Waals surface area contributed by atoms with Gasteiger partial charge >= 0.3 is 0 Å². The van der Waals surface area contributed by atoms with Gasteiger partial charge in [0.15, 0.2) is 0 Å². The fraction of sp³-hybridized carbons (Fsp3) is 0.263. The summed E-state index contributed by atoms with van der Waals surface area (Å²) in [5, 5.41) is 3.16. The number of hydrogen-bond acceptors (Lipinski definition) is 1. The molecule has 0 saturated heterocycles. The molecule has 0 saturated carbocycles. The molecule has 0 atom stereocenters. The van der Waals surface area contributed by atoms with Crippen molar-refractivity contribution in [2.45, 2.75) is 26.2 Å². The highest BCUT2D eigenvalue weighted by Gasteiger charge is 2.17. The van der Waals surface area contributed by atoms with E-state index in [0.29, 0.717) is 16.6 Å². The molecular formula is C19H19Cl3N2. The minimum atomic E-state index is 0.628. The predicted octanol–water partition coefficient (Wildman–Crippen LogP) is 6.38. The van der Waals surface area contributed by atoms with Crippen molar-refractivity contribution in [2.24, 2.45) is 5.73 Å². The Morgan fingerprint density at radius 2 is 1.79 bits per heavy atom. The molecule has 0 aliphatic carbocycles. The van der Waals surface area contributed by atoms with Crippen LogP contribution in [0, 0.1) is 6.92 Å². The minimum Gasteiger partial charge on any atom is -0.354 e. The highest BCUT2D eigenvalue weighted by atomic mass is 35.5. The zero-order valence-electron chi connectivity index (χ0n) is 13.4. The van der Waals surface area contributed by atoms with Gasteiger partial charge in [-0.2, -0.15) is 0 Å². The van der Waals surface area contributed by atoms with Gasteiger partial charge in [-0.3, -0.25) is 0 Å². The maximum absolute atomic E-state index is 6.45. The van der Waals surface area contributed by atoms with Crippen LogP contribution < -0.4 is 5.73 Å². The summed E-state index contributed by atoms with van der Waals surface area (Å²) < 4.78 is 0. The van der Waals surface area contributed by atoms with E-state index in [9.17, 15) is 0 Å². The Balaban J connectivity index is 2.21. The number of aromatic amines is 1. The van der Waals surface area contributed by atoms with E-state index in [1.807, 2.05) is 24.3 Å². The predicted molar refractivity (Wildman–Crippen MR) is 105 cm³/mol. The van der Waals surface area contributed by atoms with Crippen molar-refractivity contribution in [1.82, 2.24) is 4.98 Å². The summed E-state index contributed by atoms with van der Waals surface area (Å²) in [6.07, 6.45) is 2.93. The van der Waals surface area contributed by atoms with Crippen LogP contribution in [0.5, 0.6) is 0 Å². The van der Waals surface area contributed by atoms with E-state index in [2.05, 4.69) is 11.9 Å². The first-order valence-electron chi connectivity index (χ1n) is 7.97. The van der Waals surface area contributed by atoms with Crippen LogP contribution in [0.15, 0.2) is 30.3 Å². The summed E-state index contributed by atoms with van der Waals surface area (Å²) in [7, 11) is 0. The first-order chi connectivity index (χ1) is 11.5. The number of rotatable bonds is 5. The van der Waals surface area contributed by atoms with Crippen molar-refractivity contribution in [3.63, 3.8) is 0 Å². The molecule has 0 unspecified atom stereocenters. The van der Waals surface area contributed by atoms with E-state index in [-0.39, 0.29) is 0 Å². The minimum absolute atomic E-state index is 0.628. The summed E-state index contributed by atoms with van der Waals surface area (Å²) >= 11 is 18.8. The van der Waals surface area contributed by atoms with Crippen LogP contribution in [0.4, 0.5) is 0 Å². The zero-order chi connectivity index (χ0) is 17.3. The molecule has 2 nitrogen and oxygen atoms in total. The second-order valence-corrected chi connectivity index (χ2v) is 7.27. The van der Waals surface area contributed by atoms with E-state index >= 15 is 0 Å². The second-order valence-electron chi connectivity index (χ2n) is 5.99. The Labute approximate surface area is 156 Å². The van der Waals surface area contributed by atoms with Crippen molar-refractivity contribution >= 4 is 45.7 Å². The Hall–Kier alpha value is -1.19. The quantitative estimate of drug-likeness (QED) is 0.494. The van der Waals surface area contributed by atoms with Gasteiger partial charge < -0.3 is 10.7 Å². The molecule has 0 amide bonds. The number of halogens is 3. The van der Waals surface area contributed by atoms with E-state index in [4.69, 9.17) is 40.5 Å². The molecule has 0 fully saturated rings. The fourth-order valence-corrected chi connectivity index (χ4v) is 3.89. The number of aromatic nitrogens is 1. The highest BCUT2D eigenvalue weighted by Crippen LogP contribution is 2.38. The molecule has 0 aliphatic rings. The molecule has 3 aromatic rings. The van der Waals surface area contributed by atoms with Crippen molar-refractivity contribution in [3.8, 4) is 11.3 Å². The smallest absolute Gasteiger partial charge is 0.0514 e. The summed E-state index contributed by atoms with van der Waals surface area (Å²) in [4.78, 5) is 3.55.